The number of fused-ring (bicyclic) bond motifs is 3. The molecule has 0 atom stereocenters. The molecule has 6 nitrogen and oxygen atoms in total. The van der Waals surface area contributed by atoms with E-state index in [9.17, 15) is 5.11 Å². The van der Waals surface area contributed by atoms with Crippen LogP contribution in [-0.2, 0) is 24.3 Å². The fourth-order valence-electron chi connectivity index (χ4n) is 2.99. The molecule has 1 aliphatic rings. The second-order valence-electron chi connectivity index (χ2n) is 6.56. The Kier molecular flexibility index (Phi) is 4.12. The van der Waals surface area contributed by atoms with Gasteiger partial charge < -0.3 is 20.1 Å². The molecule has 0 saturated heterocycles. The van der Waals surface area contributed by atoms with Gasteiger partial charge in [0.25, 0.3) is 0 Å². The van der Waals surface area contributed by atoms with Crippen molar-refractivity contribution in [2.45, 2.75) is 52.4 Å². The maximum atomic E-state index is 10.3. The van der Waals surface area contributed by atoms with Crippen LogP contribution < -0.4 is 5.73 Å². The molecule has 3 N–H and O–H groups in total. The van der Waals surface area contributed by atoms with Crippen molar-refractivity contribution in [2.24, 2.45) is 0 Å². The Balaban J connectivity index is 2.25. The molecule has 6 heteroatoms. The highest BCUT2D eigenvalue weighted by atomic mass is 16.5. The van der Waals surface area contributed by atoms with Gasteiger partial charge in [0.15, 0.2) is 5.82 Å². The summed E-state index contributed by atoms with van der Waals surface area (Å²) in [4.78, 5) is 9.17. The molecule has 124 valence electrons. The highest BCUT2D eigenvalue weighted by Gasteiger charge is 2.24. The average molecular weight is 316 g/mol. The number of aliphatic hydroxyl groups is 1. The molecule has 2 aromatic rings. The van der Waals surface area contributed by atoms with Crippen molar-refractivity contribution in [3.05, 3.63) is 23.2 Å². The van der Waals surface area contributed by atoms with Crippen LogP contribution in [-0.4, -0.2) is 31.8 Å². The largest absolute Gasteiger partial charge is 0.389 e. The zero-order valence-corrected chi connectivity index (χ0v) is 14.0. The molecule has 0 fully saturated rings. The van der Waals surface area contributed by atoms with Gasteiger partial charge in [0.1, 0.15) is 17.9 Å². The molecular formula is C17H24N4O2. The number of aromatic nitrogens is 3. The van der Waals surface area contributed by atoms with E-state index in [1.54, 1.807) is 13.8 Å². The summed E-state index contributed by atoms with van der Waals surface area (Å²) in [5.74, 6) is 1.21. The van der Waals surface area contributed by atoms with Crippen LogP contribution in [0.25, 0.3) is 17.1 Å². The lowest BCUT2D eigenvalue weighted by atomic mass is 10.0. The Hall–Kier alpha value is -1.92. The quantitative estimate of drug-likeness (QED) is 0.884. The van der Waals surface area contributed by atoms with E-state index in [1.165, 1.54) is 0 Å². The predicted octanol–water partition coefficient (Wildman–Crippen LogP) is 2.28. The van der Waals surface area contributed by atoms with Gasteiger partial charge in [0, 0.05) is 12.2 Å². The first kappa shape index (κ1) is 16.0. The van der Waals surface area contributed by atoms with E-state index >= 15 is 0 Å². The first-order valence-corrected chi connectivity index (χ1v) is 8.05. The second-order valence-corrected chi connectivity index (χ2v) is 6.56. The molecule has 0 saturated carbocycles. The lowest BCUT2D eigenvalue weighted by Gasteiger charge is -2.21. The van der Waals surface area contributed by atoms with E-state index in [0.717, 1.165) is 35.4 Å². The van der Waals surface area contributed by atoms with Crippen molar-refractivity contribution in [3.8, 4) is 0 Å². The van der Waals surface area contributed by atoms with Crippen LogP contribution in [0.1, 0.15) is 44.3 Å². The number of nitrogens with zero attached hydrogens (tertiary/aromatic N) is 3. The van der Waals surface area contributed by atoms with Gasteiger partial charge in [-0.1, -0.05) is 12.2 Å². The zero-order chi connectivity index (χ0) is 16.6. The molecule has 0 amide bonds. The van der Waals surface area contributed by atoms with Gasteiger partial charge >= 0.3 is 0 Å². The lowest BCUT2D eigenvalue weighted by molar-refractivity contribution is 0.0582. The summed E-state index contributed by atoms with van der Waals surface area (Å²) in [6.07, 6.45) is 6.07. The Morgan fingerprint density at radius 2 is 2.17 bits per heavy atom. The van der Waals surface area contributed by atoms with E-state index in [0.29, 0.717) is 31.1 Å². The fourth-order valence-corrected chi connectivity index (χ4v) is 2.99. The summed E-state index contributed by atoms with van der Waals surface area (Å²) in [5.41, 5.74) is 8.96. The Morgan fingerprint density at radius 1 is 1.39 bits per heavy atom. The van der Waals surface area contributed by atoms with Gasteiger partial charge in [-0.05, 0) is 33.6 Å². The van der Waals surface area contributed by atoms with E-state index in [2.05, 4.69) is 22.1 Å². The molecule has 1 aliphatic carbocycles. The van der Waals surface area contributed by atoms with Gasteiger partial charge in [-0.15, -0.1) is 0 Å². The molecule has 0 spiro atoms. The number of nitrogen functional groups attached to an aromatic ring is 1. The lowest BCUT2D eigenvalue weighted by Crippen LogP contribution is -2.27. The van der Waals surface area contributed by atoms with Gasteiger partial charge in [-0.2, -0.15) is 0 Å². The number of rotatable bonds is 5. The molecule has 23 heavy (non-hydrogen) atoms. The van der Waals surface area contributed by atoms with E-state index in [-0.39, 0.29) is 0 Å². The van der Waals surface area contributed by atoms with Crippen molar-refractivity contribution in [2.75, 3.05) is 12.3 Å². The smallest absolute Gasteiger partial charge is 0.151 e. The van der Waals surface area contributed by atoms with E-state index in [4.69, 9.17) is 10.5 Å². The number of allylic oxidation sites excluding steroid dienone is 1. The topological polar surface area (TPSA) is 86.2 Å². The van der Waals surface area contributed by atoms with Gasteiger partial charge in [0.05, 0.1) is 23.4 Å². The van der Waals surface area contributed by atoms with Crippen LogP contribution >= 0.6 is 0 Å². The molecule has 2 heterocycles. The molecule has 0 aliphatic heterocycles. The third-order valence-corrected chi connectivity index (χ3v) is 3.92. The highest BCUT2D eigenvalue weighted by molar-refractivity contribution is 5.93. The van der Waals surface area contributed by atoms with Crippen LogP contribution in [0, 0.1) is 0 Å². The summed E-state index contributed by atoms with van der Waals surface area (Å²) in [6, 6.07) is 0. The Labute approximate surface area is 136 Å². The SMILES string of the molecule is CCOCc1nc2c(N)nc3c(c2n1CC(C)(C)O)C=CCC3. The van der Waals surface area contributed by atoms with Crippen molar-refractivity contribution in [1.82, 2.24) is 14.5 Å². The maximum absolute atomic E-state index is 10.3. The fraction of sp³-hybridized carbons (Fsp3) is 0.529. The highest BCUT2D eigenvalue weighted by Crippen LogP contribution is 2.31. The minimum atomic E-state index is -0.863. The minimum Gasteiger partial charge on any atom is -0.389 e. The maximum Gasteiger partial charge on any atom is 0.151 e. The summed E-state index contributed by atoms with van der Waals surface area (Å²) < 4.78 is 7.57. The number of pyridine rings is 1. The molecular weight excluding hydrogens is 292 g/mol. The van der Waals surface area contributed by atoms with Crippen LogP contribution in [0.15, 0.2) is 6.08 Å². The van der Waals surface area contributed by atoms with Crippen LogP contribution in [0.4, 0.5) is 5.82 Å². The number of anilines is 1. The van der Waals surface area contributed by atoms with E-state index < -0.39 is 5.60 Å². The second kappa shape index (κ2) is 5.94. The molecule has 0 radical (unpaired) electrons. The van der Waals surface area contributed by atoms with Gasteiger partial charge in [0.2, 0.25) is 0 Å². The molecule has 0 aromatic carbocycles. The summed E-state index contributed by atoms with van der Waals surface area (Å²) in [7, 11) is 0. The van der Waals surface area contributed by atoms with E-state index in [1.807, 2.05) is 11.5 Å². The van der Waals surface area contributed by atoms with Gasteiger partial charge in [-0.25, -0.2) is 9.97 Å². The predicted molar refractivity (Wildman–Crippen MR) is 90.9 cm³/mol. The third kappa shape index (κ3) is 3.09. The average Bonchev–Trinajstić information content (AvgIpc) is 2.83. The zero-order valence-electron chi connectivity index (χ0n) is 14.0. The number of ether oxygens (including phenoxy) is 1. The standard InChI is InChI=1S/C17H24N4O2/c1-4-23-9-13-20-14-15(21(13)10-17(2,3)22)11-7-5-6-8-12(11)19-16(14)18/h5,7,22H,4,6,8-10H2,1-3H3,(H2,18,19). The Morgan fingerprint density at radius 3 is 2.87 bits per heavy atom. The van der Waals surface area contributed by atoms with Crippen molar-refractivity contribution in [3.63, 3.8) is 0 Å². The molecule has 0 bridgehead atoms. The Bertz CT molecular complexity index is 756. The molecule has 3 rings (SSSR count). The van der Waals surface area contributed by atoms with Crippen molar-refractivity contribution in [1.29, 1.82) is 0 Å². The van der Waals surface area contributed by atoms with Gasteiger partial charge in [-0.3, -0.25) is 0 Å². The van der Waals surface area contributed by atoms with Crippen LogP contribution in [0.5, 0.6) is 0 Å². The number of aryl methyl sites for hydroxylation is 1. The monoisotopic (exact) mass is 316 g/mol. The van der Waals surface area contributed by atoms with Crippen LogP contribution in [0.3, 0.4) is 0 Å². The molecule has 2 aromatic heterocycles. The number of hydrogen-bond acceptors (Lipinski definition) is 5. The summed E-state index contributed by atoms with van der Waals surface area (Å²) in [6.45, 7) is 6.95. The first-order chi connectivity index (χ1) is 10.9. The molecule has 0 unspecified atom stereocenters. The van der Waals surface area contributed by atoms with Crippen LogP contribution in [0.2, 0.25) is 0 Å². The summed E-state index contributed by atoms with van der Waals surface area (Å²) >= 11 is 0. The van der Waals surface area contributed by atoms with Crippen molar-refractivity contribution >= 4 is 22.9 Å². The third-order valence-electron chi connectivity index (χ3n) is 3.92. The van der Waals surface area contributed by atoms with Crippen molar-refractivity contribution < 1.29 is 9.84 Å². The first-order valence-electron chi connectivity index (χ1n) is 8.05. The number of imidazole rings is 1. The summed E-state index contributed by atoms with van der Waals surface area (Å²) in [5, 5.41) is 10.3. The number of nitrogens with two attached hydrogens (primary N) is 1. The normalized spacial score (nSPS) is 14.4. The number of hydrogen-bond donors (Lipinski definition) is 2. The minimum absolute atomic E-state index is 0.388.